The number of benzene rings is 2. The maximum Gasteiger partial charge on any atom is 0.292 e. The van der Waals surface area contributed by atoms with Crippen molar-refractivity contribution in [2.24, 2.45) is 4.99 Å². The molecule has 1 aliphatic heterocycles. The number of hydrogen-bond acceptors (Lipinski definition) is 5. The highest BCUT2D eigenvalue weighted by Gasteiger charge is 2.21. The number of fused-ring (bicyclic) bond motifs is 2. The number of amides is 1. The maximum absolute atomic E-state index is 12.5. The van der Waals surface area contributed by atoms with Crippen LogP contribution < -0.4 is 14.8 Å². The van der Waals surface area contributed by atoms with Crippen LogP contribution in [0, 0.1) is 0 Å². The molecule has 134 valence electrons. The van der Waals surface area contributed by atoms with Crippen molar-refractivity contribution in [1.29, 1.82) is 0 Å². The number of nitrogens with one attached hydrogen (secondary N) is 1. The average molecular weight is 352 g/mol. The van der Waals surface area contributed by atoms with Gasteiger partial charge in [0.1, 0.15) is 0 Å². The van der Waals surface area contributed by atoms with E-state index in [1.54, 1.807) is 18.2 Å². The van der Waals surface area contributed by atoms with Crippen LogP contribution in [-0.2, 0) is 11.2 Å². The van der Waals surface area contributed by atoms with Crippen LogP contribution >= 0.6 is 0 Å². The van der Waals surface area contributed by atoms with E-state index in [0.29, 0.717) is 17.1 Å². The van der Waals surface area contributed by atoms with Gasteiger partial charge in [0.25, 0.3) is 11.9 Å². The van der Waals surface area contributed by atoms with Crippen molar-refractivity contribution >= 4 is 11.9 Å². The second-order valence-electron chi connectivity index (χ2n) is 6.27. The Morgan fingerprint density at radius 3 is 2.92 bits per heavy atom. The molecule has 0 fully saturated rings. The first-order valence-corrected chi connectivity index (χ1v) is 8.65. The van der Waals surface area contributed by atoms with Crippen molar-refractivity contribution in [3.8, 4) is 11.5 Å². The van der Waals surface area contributed by atoms with E-state index in [9.17, 15) is 4.79 Å². The quantitative estimate of drug-likeness (QED) is 0.665. The molecule has 2 aliphatic rings. The second kappa shape index (κ2) is 7.07. The van der Waals surface area contributed by atoms with Gasteiger partial charge < -0.3 is 14.2 Å². The lowest BCUT2D eigenvalue weighted by Gasteiger charge is -2.23. The molecule has 4 rings (SSSR count). The Kier molecular flexibility index (Phi) is 4.48. The molecule has 0 spiro atoms. The number of methoxy groups -OCH3 is 1. The Morgan fingerprint density at radius 2 is 2.04 bits per heavy atom. The Bertz CT molecular complexity index is 863. The standard InChI is InChI=1S/C20H20N2O4/c1-24-20(21-16-8-4-6-13-5-2-3-7-15(13)16)22-19(23)14-9-10-17-18(11-14)26-12-25-17/h2-3,5,7,9-11,16H,4,6,8,12H2,1H3,(H,21,22,23)/t16-/m0/s1. The van der Waals surface area contributed by atoms with E-state index in [0.717, 1.165) is 19.3 Å². The molecule has 0 saturated heterocycles. The molecule has 2 aromatic carbocycles. The van der Waals surface area contributed by atoms with Gasteiger partial charge in [0, 0.05) is 5.56 Å². The van der Waals surface area contributed by atoms with Gasteiger partial charge in [-0.15, -0.1) is 0 Å². The number of carbonyl (C=O) groups is 1. The Balaban J connectivity index is 1.53. The van der Waals surface area contributed by atoms with Crippen LogP contribution in [0.1, 0.15) is 40.4 Å². The summed E-state index contributed by atoms with van der Waals surface area (Å²) in [7, 11) is 1.51. The first kappa shape index (κ1) is 16.4. The predicted octanol–water partition coefficient (Wildman–Crippen LogP) is 3.23. The average Bonchev–Trinajstić information content (AvgIpc) is 3.15. The lowest BCUT2D eigenvalue weighted by molar-refractivity contribution is 0.0967. The van der Waals surface area contributed by atoms with Crippen molar-refractivity contribution in [3.05, 3.63) is 59.2 Å². The first-order valence-electron chi connectivity index (χ1n) is 8.65. The molecule has 1 aliphatic carbocycles. The molecular weight excluding hydrogens is 332 g/mol. The molecule has 1 amide bonds. The van der Waals surface area contributed by atoms with Gasteiger partial charge in [-0.25, -0.2) is 4.99 Å². The summed E-state index contributed by atoms with van der Waals surface area (Å²) in [6.07, 6.45) is 3.07. The third kappa shape index (κ3) is 3.22. The van der Waals surface area contributed by atoms with Gasteiger partial charge in [0.05, 0.1) is 13.2 Å². The van der Waals surface area contributed by atoms with Gasteiger partial charge in [0.2, 0.25) is 6.79 Å². The molecule has 1 heterocycles. The fraction of sp³-hybridized carbons (Fsp3) is 0.300. The van der Waals surface area contributed by atoms with Gasteiger partial charge in [-0.2, -0.15) is 0 Å². The lowest BCUT2D eigenvalue weighted by atomic mass is 9.88. The molecule has 0 saturated carbocycles. The third-order valence-corrected chi connectivity index (χ3v) is 4.66. The molecule has 0 unspecified atom stereocenters. The summed E-state index contributed by atoms with van der Waals surface area (Å²) >= 11 is 0. The molecule has 26 heavy (non-hydrogen) atoms. The third-order valence-electron chi connectivity index (χ3n) is 4.66. The summed E-state index contributed by atoms with van der Waals surface area (Å²) in [6, 6.07) is 13.6. The largest absolute Gasteiger partial charge is 0.468 e. The second-order valence-corrected chi connectivity index (χ2v) is 6.27. The molecule has 1 atom stereocenters. The number of aliphatic imine (C=N–C) groups is 1. The van der Waals surface area contributed by atoms with Gasteiger partial charge >= 0.3 is 0 Å². The van der Waals surface area contributed by atoms with Crippen molar-refractivity contribution in [2.45, 2.75) is 25.3 Å². The molecule has 2 aromatic rings. The van der Waals surface area contributed by atoms with Crippen molar-refractivity contribution in [2.75, 3.05) is 13.9 Å². The van der Waals surface area contributed by atoms with E-state index in [2.05, 4.69) is 22.4 Å². The number of rotatable bonds is 2. The first-order chi connectivity index (χ1) is 12.7. The highest BCUT2D eigenvalue weighted by atomic mass is 16.7. The molecule has 6 nitrogen and oxygen atoms in total. The van der Waals surface area contributed by atoms with Crippen LogP contribution in [-0.4, -0.2) is 25.8 Å². The Morgan fingerprint density at radius 1 is 1.19 bits per heavy atom. The summed E-state index contributed by atoms with van der Waals surface area (Å²) in [5.74, 6) is 0.906. The normalized spacial score (nSPS) is 18.2. The fourth-order valence-corrected chi connectivity index (χ4v) is 3.35. The zero-order valence-electron chi connectivity index (χ0n) is 14.5. The molecule has 0 aromatic heterocycles. The topological polar surface area (TPSA) is 69.2 Å². The minimum Gasteiger partial charge on any atom is -0.468 e. The van der Waals surface area contributed by atoms with Gasteiger partial charge in [0.15, 0.2) is 11.5 Å². The fourth-order valence-electron chi connectivity index (χ4n) is 3.35. The van der Waals surface area contributed by atoms with Crippen LogP contribution in [0.5, 0.6) is 11.5 Å². The number of aryl methyl sites for hydroxylation is 1. The van der Waals surface area contributed by atoms with Crippen LogP contribution in [0.15, 0.2) is 47.5 Å². The van der Waals surface area contributed by atoms with Gasteiger partial charge in [-0.3, -0.25) is 10.1 Å². The highest BCUT2D eigenvalue weighted by molar-refractivity contribution is 6.04. The van der Waals surface area contributed by atoms with Crippen LogP contribution in [0.3, 0.4) is 0 Å². The van der Waals surface area contributed by atoms with E-state index in [4.69, 9.17) is 14.2 Å². The SMILES string of the molecule is COC(=N[C@H]1CCCc2ccccc21)NC(=O)c1ccc2c(c1)OCO2. The maximum atomic E-state index is 12.5. The molecule has 0 radical (unpaired) electrons. The molecule has 1 N–H and O–H groups in total. The summed E-state index contributed by atoms with van der Waals surface area (Å²) in [5, 5.41) is 2.74. The number of nitrogens with zero attached hydrogens (tertiary/aromatic N) is 1. The minimum absolute atomic E-state index is 0.00745. The van der Waals surface area contributed by atoms with Crippen molar-refractivity contribution < 1.29 is 19.0 Å². The number of ether oxygens (including phenoxy) is 3. The van der Waals surface area contributed by atoms with Crippen LogP contribution in [0.4, 0.5) is 0 Å². The summed E-state index contributed by atoms with van der Waals surface area (Å²) in [5.41, 5.74) is 2.97. The zero-order chi connectivity index (χ0) is 17.9. The van der Waals surface area contributed by atoms with Crippen LogP contribution in [0.2, 0.25) is 0 Å². The molecule has 0 bridgehead atoms. The lowest BCUT2D eigenvalue weighted by Crippen LogP contribution is -2.32. The van der Waals surface area contributed by atoms with Gasteiger partial charge in [-0.1, -0.05) is 24.3 Å². The molecular formula is C20H20N2O4. The number of amidine groups is 1. The molecule has 6 heteroatoms. The van der Waals surface area contributed by atoms with Crippen LogP contribution in [0.25, 0.3) is 0 Å². The number of carbonyl (C=O) groups excluding carboxylic acids is 1. The van der Waals surface area contributed by atoms with Crippen molar-refractivity contribution in [3.63, 3.8) is 0 Å². The van der Waals surface area contributed by atoms with Gasteiger partial charge in [-0.05, 0) is 48.6 Å². The predicted molar refractivity (Wildman–Crippen MR) is 96.6 cm³/mol. The van der Waals surface area contributed by atoms with E-state index in [-0.39, 0.29) is 24.8 Å². The van der Waals surface area contributed by atoms with E-state index >= 15 is 0 Å². The summed E-state index contributed by atoms with van der Waals surface area (Å²) in [4.78, 5) is 17.2. The van der Waals surface area contributed by atoms with Crippen molar-refractivity contribution in [1.82, 2.24) is 5.32 Å². The summed E-state index contributed by atoms with van der Waals surface area (Å²) < 4.78 is 15.9. The Labute approximate surface area is 151 Å². The Hall–Kier alpha value is -3.02. The number of hydrogen-bond donors (Lipinski definition) is 1. The van der Waals surface area contributed by atoms with E-state index < -0.39 is 0 Å². The highest BCUT2D eigenvalue weighted by Crippen LogP contribution is 2.33. The smallest absolute Gasteiger partial charge is 0.292 e. The van der Waals surface area contributed by atoms with E-state index in [1.807, 2.05) is 12.1 Å². The summed E-state index contributed by atoms with van der Waals surface area (Å²) in [6.45, 7) is 0.173. The van der Waals surface area contributed by atoms with E-state index in [1.165, 1.54) is 18.2 Å². The zero-order valence-corrected chi connectivity index (χ0v) is 14.5. The minimum atomic E-state index is -0.298. The monoisotopic (exact) mass is 352 g/mol.